The van der Waals surface area contributed by atoms with Gasteiger partial charge in [-0.2, -0.15) is 0 Å². The van der Waals surface area contributed by atoms with E-state index in [2.05, 4.69) is 28.8 Å². The van der Waals surface area contributed by atoms with E-state index < -0.39 is 0 Å². The summed E-state index contributed by atoms with van der Waals surface area (Å²) in [5, 5.41) is 18.1. The van der Waals surface area contributed by atoms with E-state index in [-0.39, 0.29) is 12.6 Å². The number of nitrogens with one attached hydrogen (secondary N) is 1. The molecule has 1 atom stereocenters. The molecule has 0 spiro atoms. The lowest BCUT2D eigenvalue weighted by Gasteiger charge is -2.18. The van der Waals surface area contributed by atoms with E-state index in [0.29, 0.717) is 12.5 Å². The first-order valence-corrected chi connectivity index (χ1v) is 5.18. The summed E-state index contributed by atoms with van der Waals surface area (Å²) in [5.41, 5.74) is 0.934. The average molecular weight is 201 g/mol. The van der Waals surface area contributed by atoms with Crippen LogP contribution in [0.5, 0.6) is 0 Å². The number of rotatable bonds is 5. The fourth-order valence-electron chi connectivity index (χ4n) is 1.01. The summed E-state index contributed by atoms with van der Waals surface area (Å²) in [4.78, 5) is 0. The minimum absolute atomic E-state index is 0.140. The highest BCUT2D eigenvalue weighted by Gasteiger charge is 2.11. The van der Waals surface area contributed by atoms with Gasteiger partial charge in [0.15, 0.2) is 0 Å². The Balaban J connectivity index is 2.32. The van der Waals surface area contributed by atoms with Crippen molar-refractivity contribution in [1.82, 2.24) is 14.9 Å². The monoisotopic (exact) mass is 201 g/mol. The van der Waals surface area contributed by atoms with Crippen molar-refractivity contribution in [3.05, 3.63) is 11.1 Å². The highest BCUT2D eigenvalue weighted by Crippen LogP contribution is 2.02. The summed E-state index contributed by atoms with van der Waals surface area (Å²) >= 11 is 1.34. The van der Waals surface area contributed by atoms with Crippen LogP contribution in [-0.2, 0) is 6.54 Å². The molecule has 5 heteroatoms. The molecule has 1 rings (SSSR count). The molecule has 1 aromatic heterocycles. The highest BCUT2D eigenvalue weighted by atomic mass is 32.1. The zero-order valence-electron chi connectivity index (χ0n) is 7.90. The summed E-state index contributed by atoms with van der Waals surface area (Å²) in [6.45, 7) is 5.00. The summed E-state index contributed by atoms with van der Waals surface area (Å²) in [6.07, 6.45) is 0. The van der Waals surface area contributed by atoms with Gasteiger partial charge in [0.2, 0.25) is 0 Å². The third kappa shape index (κ3) is 3.38. The van der Waals surface area contributed by atoms with Gasteiger partial charge in [-0.1, -0.05) is 18.3 Å². The Kier molecular flexibility index (Phi) is 4.27. The van der Waals surface area contributed by atoms with Gasteiger partial charge < -0.3 is 10.4 Å². The van der Waals surface area contributed by atoms with Crippen LogP contribution in [-0.4, -0.2) is 27.3 Å². The molecule has 0 aliphatic heterocycles. The molecule has 0 aromatic carbocycles. The van der Waals surface area contributed by atoms with Gasteiger partial charge in [0, 0.05) is 18.0 Å². The first-order chi connectivity index (χ1) is 6.24. The zero-order valence-corrected chi connectivity index (χ0v) is 8.71. The van der Waals surface area contributed by atoms with E-state index in [4.69, 9.17) is 5.11 Å². The molecule has 0 fully saturated rings. The fraction of sp³-hybridized carbons (Fsp3) is 0.750. The molecule has 0 saturated heterocycles. The van der Waals surface area contributed by atoms with Crippen LogP contribution in [0, 0.1) is 5.92 Å². The zero-order chi connectivity index (χ0) is 9.68. The van der Waals surface area contributed by atoms with Gasteiger partial charge >= 0.3 is 0 Å². The van der Waals surface area contributed by atoms with E-state index in [1.54, 1.807) is 0 Å². The second kappa shape index (κ2) is 5.26. The van der Waals surface area contributed by atoms with Crippen molar-refractivity contribution in [3.63, 3.8) is 0 Å². The molecule has 0 aliphatic rings. The number of aliphatic hydroxyl groups is 1. The van der Waals surface area contributed by atoms with Crippen LogP contribution in [0.3, 0.4) is 0 Å². The maximum absolute atomic E-state index is 9.03. The predicted octanol–water partition coefficient (Wildman–Crippen LogP) is 0.645. The topological polar surface area (TPSA) is 58.0 Å². The quantitative estimate of drug-likeness (QED) is 0.734. The smallest absolute Gasteiger partial charge is 0.0893 e. The molecule has 1 aromatic rings. The van der Waals surface area contributed by atoms with Crippen molar-refractivity contribution in [2.45, 2.75) is 26.4 Å². The lowest BCUT2D eigenvalue weighted by Crippen LogP contribution is -2.36. The van der Waals surface area contributed by atoms with Gasteiger partial charge in [-0.15, -0.1) is 5.10 Å². The van der Waals surface area contributed by atoms with Crippen LogP contribution >= 0.6 is 11.5 Å². The third-order valence-electron chi connectivity index (χ3n) is 1.95. The molecule has 2 N–H and O–H groups in total. The maximum atomic E-state index is 9.03. The van der Waals surface area contributed by atoms with E-state index in [9.17, 15) is 0 Å². The lowest BCUT2D eigenvalue weighted by molar-refractivity contribution is 0.209. The summed E-state index contributed by atoms with van der Waals surface area (Å²) in [7, 11) is 0. The number of aliphatic hydroxyl groups excluding tert-OH is 1. The van der Waals surface area contributed by atoms with Crippen LogP contribution in [0.2, 0.25) is 0 Å². The summed E-state index contributed by atoms with van der Waals surface area (Å²) in [6, 6.07) is 0.140. The number of hydrogen-bond acceptors (Lipinski definition) is 5. The Labute approximate surface area is 82.2 Å². The first kappa shape index (κ1) is 10.6. The normalized spacial score (nSPS) is 13.5. The third-order valence-corrected chi connectivity index (χ3v) is 2.51. The Hall–Kier alpha value is -0.520. The lowest BCUT2D eigenvalue weighted by atomic mass is 10.1. The van der Waals surface area contributed by atoms with Crippen LogP contribution in [0.15, 0.2) is 5.38 Å². The van der Waals surface area contributed by atoms with Crippen molar-refractivity contribution in [1.29, 1.82) is 0 Å². The first-order valence-electron chi connectivity index (χ1n) is 4.34. The molecular formula is C8H15N3OS. The van der Waals surface area contributed by atoms with Gasteiger partial charge in [-0.25, -0.2) is 0 Å². The van der Waals surface area contributed by atoms with Crippen LogP contribution < -0.4 is 5.32 Å². The minimum atomic E-state index is 0.140. The van der Waals surface area contributed by atoms with E-state index in [1.165, 1.54) is 11.5 Å². The van der Waals surface area contributed by atoms with E-state index in [1.807, 2.05) is 5.38 Å². The van der Waals surface area contributed by atoms with Gasteiger partial charge in [0.05, 0.1) is 12.3 Å². The van der Waals surface area contributed by atoms with Gasteiger partial charge in [0.25, 0.3) is 0 Å². The van der Waals surface area contributed by atoms with Gasteiger partial charge in [-0.05, 0) is 17.5 Å². The number of hydrogen-bond donors (Lipinski definition) is 2. The molecule has 0 aliphatic carbocycles. The SMILES string of the molecule is CC(C)C(CO)NCc1csnn1. The van der Waals surface area contributed by atoms with Crippen LogP contribution in [0.25, 0.3) is 0 Å². The van der Waals surface area contributed by atoms with E-state index in [0.717, 1.165) is 5.69 Å². The minimum Gasteiger partial charge on any atom is -0.395 e. The molecule has 0 bridgehead atoms. The fourth-order valence-corrected chi connectivity index (χ4v) is 1.46. The molecule has 0 radical (unpaired) electrons. The number of nitrogens with zero attached hydrogens (tertiary/aromatic N) is 2. The number of aromatic nitrogens is 2. The van der Waals surface area contributed by atoms with Crippen molar-refractivity contribution < 1.29 is 5.11 Å². The second-order valence-electron chi connectivity index (χ2n) is 3.31. The molecule has 13 heavy (non-hydrogen) atoms. The van der Waals surface area contributed by atoms with Crippen molar-refractivity contribution in [2.24, 2.45) is 5.92 Å². The van der Waals surface area contributed by atoms with Crippen molar-refractivity contribution >= 4 is 11.5 Å². The molecule has 1 unspecified atom stereocenters. The molecule has 74 valence electrons. The molecule has 1 heterocycles. The molecule has 0 saturated carbocycles. The van der Waals surface area contributed by atoms with Crippen LogP contribution in [0.1, 0.15) is 19.5 Å². The molecule has 4 nitrogen and oxygen atoms in total. The molecular weight excluding hydrogens is 186 g/mol. The standard InChI is InChI=1S/C8H15N3OS/c1-6(2)8(4-12)9-3-7-5-13-11-10-7/h5-6,8-9,12H,3-4H2,1-2H3. The Bertz CT molecular complexity index is 225. The maximum Gasteiger partial charge on any atom is 0.0893 e. The predicted molar refractivity (Wildman–Crippen MR) is 52.5 cm³/mol. The Morgan fingerprint density at radius 1 is 1.62 bits per heavy atom. The molecule has 0 amide bonds. The summed E-state index contributed by atoms with van der Waals surface area (Å²) < 4.78 is 3.76. The van der Waals surface area contributed by atoms with Gasteiger partial charge in [0.1, 0.15) is 0 Å². The second-order valence-corrected chi connectivity index (χ2v) is 3.92. The van der Waals surface area contributed by atoms with Gasteiger partial charge in [-0.3, -0.25) is 0 Å². The van der Waals surface area contributed by atoms with Crippen molar-refractivity contribution in [3.8, 4) is 0 Å². The largest absolute Gasteiger partial charge is 0.395 e. The Morgan fingerprint density at radius 2 is 2.38 bits per heavy atom. The van der Waals surface area contributed by atoms with Crippen LogP contribution in [0.4, 0.5) is 0 Å². The highest BCUT2D eigenvalue weighted by molar-refractivity contribution is 7.03. The van der Waals surface area contributed by atoms with Crippen molar-refractivity contribution in [2.75, 3.05) is 6.61 Å². The average Bonchev–Trinajstić information content (AvgIpc) is 2.57. The summed E-state index contributed by atoms with van der Waals surface area (Å²) in [5.74, 6) is 0.427. The van der Waals surface area contributed by atoms with E-state index >= 15 is 0 Å². The Morgan fingerprint density at radius 3 is 2.85 bits per heavy atom.